The van der Waals surface area contributed by atoms with Gasteiger partial charge in [-0.3, -0.25) is 0 Å². The van der Waals surface area contributed by atoms with Crippen LogP contribution in [0.4, 0.5) is 0 Å². The van der Waals surface area contributed by atoms with Gasteiger partial charge in [-0.25, -0.2) is 0 Å². The van der Waals surface area contributed by atoms with Gasteiger partial charge in [0, 0.05) is 0 Å². The number of hydrogen-bond acceptors (Lipinski definition) is 8. The smallest absolute Gasteiger partial charge is 1.00 e. The van der Waals surface area contributed by atoms with E-state index in [1.165, 1.54) is 27.7 Å². The SMILES string of the molecule is CC(N=O)=C(C)N=O.CC(N=O)=C(C)N=O.[Br-].[Br-].[Rh+2]. The predicted molar refractivity (Wildman–Crippen MR) is 59.9 cm³/mol. The number of hydrogen-bond donors (Lipinski definition) is 0. The van der Waals surface area contributed by atoms with Crippen LogP contribution in [0, 0.1) is 19.6 Å². The van der Waals surface area contributed by atoms with Gasteiger partial charge in [-0.1, -0.05) is 0 Å². The second-order valence-corrected chi connectivity index (χ2v) is 2.71. The van der Waals surface area contributed by atoms with Gasteiger partial charge in [-0.05, 0) is 48.4 Å². The van der Waals surface area contributed by atoms with Crippen LogP contribution in [-0.4, -0.2) is 0 Å². The maximum Gasteiger partial charge on any atom is 2.00 e. The molecular weight excluding hydrogens is 479 g/mol. The molecule has 0 atom stereocenters. The van der Waals surface area contributed by atoms with Crippen molar-refractivity contribution in [2.45, 2.75) is 27.7 Å². The van der Waals surface area contributed by atoms with Crippen LogP contribution in [0.5, 0.6) is 0 Å². The van der Waals surface area contributed by atoms with Gasteiger partial charge in [0.25, 0.3) is 0 Å². The van der Waals surface area contributed by atoms with Crippen LogP contribution in [0.2, 0.25) is 0 Å². The van der Waals surface area contributed by atoms with Crippen LogP contribution in [0.3, 0.4) is 0 Å². The topological polar surface area (TPSA) is 118 Å². The Morgan fingerprint density at radius 1 is 0.526 bits per heavy atom. The van der Waals surface area contributed by atoms with Crippen molar-refractivity contribution in [2.75, 3.05) is 0 Å². The molecule has 11 heteroatoms. The van der Waals surface area contributed by atoms with Crippen LogP contribution < -0.4 is 34.0 Å². The van der Waals surface area contributed by atoms with E-state index in [0.717, 1.165) is 0 Å². The molecule has 1 radical (unpaired) electrons. The zero-order valence-electron chi connectivity index (χ0n) is 10.5. The average molecular weight is 491 g/mol. The molecule has 8 nitrogen and oxygen atoms in total. The summed E-state index contributed by atoms with van der Waals surface area (Å²) in [4.78, 5) is 38.4. The summed E-state index contributed by atoms with van der Waals surface area (Å²) in [5.74, 6) is 0. The quantitative estimate of drug-likeness (QED) is 0.321. The first kappa shape index (κ1) is 31.1. The molecule has 0 heterocycles. The summed E-state index contributed by atoms with van der Waals surface area (Å²) < 4.78 is 0. The summed E-state index contributed by atoms with van der Waals surface area (Å²) in [7, 11) is 0. The van der Waals surface area contributed by atoms with Gasteiger partial charge < -0.3 is 34.0 Å². The van der Waals surface area contributed by atoms with E-state index in [9.17, 15) is 19.6 Å². The van der Waals surface area contributed by atoms with Crippen molar-refractivity contribution in [1.82, 2.24) is 0 Å². The van der Waals surface area contributed by atoms with Crippen molar-refractivity contribution in [2.24, 2.45) is 20.7 Å². The summed E-state index contributed by atoms with van der Waals surface area (Å²) in [6.45, 7) is 5.74. The molecule has 0 bridgehead atoms. The number of rotatable bonds is 4. The molecule has 0 saturated carbocycles. The molecular formula is C8H12Br2N4O4Rh. The molecule has 0 N–H and O–H groups in total. The van der Waals surface area contributed by atoms with Crippen molar-refractivity contribution in [3.63, 3.8) is 0 Å². The molecule has 0 aromatic heterocycles. The zero-order valence-corrected chi connectivity index (χ0v) is 15.3. The third-order valence-electron chi connectivity index (χ3n) is 1.59. The molecule has 0 aliphatic carbocycles. The number of halogens is 2. The molecule has 111 valence electrons. The van der Waals surface area contributed by atoms with Crippen molar-refractivity contribution < 1.29 is 53.4 Å². The summed E-state index contributed by atoms with van der Waals surface area (Å²) in [6, 6.07) is 0. The van der Waals surface area contributed by atoms with E-state index < -0.39 is 0 Å². The maximum atomic E-state index is 9.60. The average Bonchev–Trinajstić information content (AvgIpc) is 2.35. The van der Waals surface area contributed by atoms with Gasteiger partial charge in [-0.15, -0.1) is 19.6 Å². The van der Waals surface area contributed by atoms with E-state index in [2.05, 4.69) is 20.7 Å². The first-order chi connectivity index (χ1) is 7.44. The minimum Gasteiger partial charge on any atom is -1.00 e. The van der Waals surface area contributed by atoms with Crippen molar-refractivity contribution in [3.8, 4) is 0 Å². The fraction of sp³-hybridized carbons (Fsp3) is 0.500. The molecule has 0 aliphatic heterocycles. The van der Waals surface area contributed by atoms with Crippen molar-refractivity contribution in [1.29, 1.82) is 0 Å². The summed E-state index contributed by atoms with van der Waals surface area (Å²) in [5.41, 5.74) is 0.556. The Bertz CT molecular complexity index is 295. The minimum absolute atomic E-state index is 0. The van der Waals surface area contributed by atoms with E-state index in [1.807, 2.05) is 0 Å². The molecule has 0 unspecified atom stereocenters. The molecule has 19 heavy (non-hydrogen) atoms. The Morgan fingerprint density at radius 3 is 0.684 bits per heavy atom. The van der Waals surface area contributed by atoms with E-state index in [0.29, 0.717) is 0 Å². The summed E-state index contributed by atoms with van der Waals surface area (Å²) >= 11 is 0. The minimum atomic E-state index is 0. The van der Waals surface area contributed by atoms with Crippen LogP contribution in [0.25, 0.3) is 0 Å². The zero-order chi connectivity index (χ0) is 13.1. The third kappa shape index (κ3) is 17.5. The maximum absolute atomic E-state index is 9.60. The summed E-state index contributed by atoms with van der Waals surface area (Å²) in [5, 5.41) is 9.98. The molecule has 0 aromatic carbocycles. The molecule has 0 saturated heterocycles. The second kappa shape index (κ2) is 19.8. The van der Waals surface area contributed by atoms with Crippen LogP contribution in [0.15, 0.2) is 43.5 Å². The van der Waals surface area contributed by atoms with Gasteiger partial charge in [0.15, 0.2) is 0 Å². The Labute approximate surface area is 144 Å². The van der Waals surface area contributed by atoms with E-state index in [4.69, 9.17) is 0 Å². The first-order valence-corrected chi connectivity index (χ1v) is 4.12. The van der Waals surface area contributed by atoms with Crippen molar-refractivity contribution >= 4 is 0 Å². The number of nitrogens with zero attached hydrogens (tertiary/aromatic N) is 4. The van der Waals surface area contributed by atoms with E-state index in [-0.39, 0.29) is 76.2 Å². The van der Waals surface area contributed by atoms with Gasteiger partial charge in [0.1, 0.15) is 22.8 Å². The Morgan fingerprint density at radius 2 is 0.632 bits per heavy atom. The standard InChI is InChI=1S/2C4H6N2O2.2BrH.Rh/c2*1-3(5-7)4(2)6-8;;;/h2*1-2H3;2*1H;/q;;;;+2/p-2. The molecule has 0 rings (SSSR count). The van der Waals surface area contributed by atoms with Gasteiger partial charge in [0.05, 0.1) is 0 Å². The molecule has 0 fully saturated rings. The van der Waals surface area contributed by atoms with Gasteiger partial charge in [0.2, 0.25) is 0 Å². The summed E-state index contributed by atoms with van der Waals surface area (Å²) in [6.07, 6.45) is 0. The second-order valence-electron chi connectivity index (χ2n) is 2.71. The Balaban J connectivity index is -0.0000000594. The molecule has 0 spiro atoms. The van der Waals surface area contributed by atoms with Crippen LogP contribution in [-0.2, 0) is 19.5 Å². The number of nitroso groups, excluding NO2 is 4. The predicted octanol–water partition coefficient (Wildman–Crippen LogP) is -2.45. The fourth-order valence-corrected chi connectivity index (χ4v) is 0.264. The Kier molecular flexibility index (Phi) is 32.4. The largest absolute Gasteiger partial charge is 2.00 e. The molecule has 0 amide bonds. The van der Waals surface area contributed by atoms with Gasteiger partial charge >= 0.3 is 19.5 Å². The third-order valence-corrected chi connectivity index (χ3v) is 1.59. The van der Waals surface area contributed by atoms with Gasteiger partial charge in [-0.2, -0.15) is 0 Å². The molecule has 0 aromatic rings. The number of allylic oxidation sites excluding steroid dienone is 4. The molecule has 0 aliphatic rings. The Hall–Kier alpha value is -0.537. The first-order valence-electron chi connectivity index (χ1n) is 4.12. The van der Waals surface area contributed by atoms with E-state index >= 15 is 0 Å². The van der Waals surface area contributed by atoms with Crippen LogP contribution in [0.1, 0.15) is 27.7 Å². The normalized spacial score (nSPS) is 10.3. The van der Waals surface area contributed by atoms with Crippen LogP contribution >= 0.6 is 0 Å². The van der Waals surface area contributed by atoms with E-state index in [1.54, 1.807) is 0 Å². The fourth-order valence-electron chi connectivity index (χ4n) is 0.264. The monoisotopic (exact) mass is 489 g/mol. The van der Waals surface area contributed by atoms with Crippen molar-refractivity contribution in [3.05, 3.63) is 42.4 Å².